The van der Waals surface area contributed by atoms with Gasteiger partial charge in [-0.05, 0) is 50.7 Å². The monoisotopic (exact) mass is 293 g/mol. The molecule has 1 heterocycles. The number of likely N-dealkylation sites (N-methyl/N-ethyl adjacent to an activating group) is 1. The van der Waals surface area contributed by atoms with E-state index in [4.69, 9.17) is 0 Å². The Kier molecular flexibility index (Phi) is 3.97. The minimum atomic E-state index is 0.977. The van der Waals surface area contributed by atoms with Crippen LogP contribution in [-0.2, 0) is 6.42 Å². The van der Waals surface area contributed by atoms with Gasteiger partial charge in [0.05, 0.1) is 11.4 Å². The number of nitrogens with one attached hydrogen (secondary N) is 1. The second kappa shape index (κ2) is 5.47. The standard InChI is InChI=1S/C13H16BrN3/c1-10-11(6-7-15-2)9-17(16-10)13-5-3-4-12(14)8-13/h3-5,8-9,15H,6-7H2,1-2H3. The zero-order chi connectivity index (χ0) is 12.3. The van der Waals surface area contributed by atoms with Crippen LogP contribution >= 0.6 is 15.9 Å². The maximum atomic E-state index is 4.54. The van der Waals surface area contributed by atoms with Crippen LogP contribution in [0.5, 0.6) is 0 Å². The van der Waals surface area contributed by atoms with Crippen LogP contribution in [0.2, 0.25) is 0 Å². The van der Waals surface area contributed by atoms with Crippen LogP contribution in [0.3, 0.4) is 0 Å². The molecule has 0 radical (unpaired) electrons. The highest BCUT2D eigenvalue weighted by Gasteiger charge is 2.05. The molecule has 0 aliphatic rings. The number of nitrogens with zero attached hydrogens (tertiary/aromatic N) is 2. The van der Waals surface area contributed by atoms with Crippen LogP contribution in [0.1, 0.15) is 11.3 Å². The summed E-state index contributed by atoms with van der Waals surface area (Å²) in [6, 6.07) is 8.15. The molecule has 0 unspecified atom stereocenters. The van der Waals surface area contributed by atoms with Gasteiger partial charge in [-0.25, -0.2) is 4.68 Å². The lowest BCUT2D eigenvalue weighted by atomic mass is 10.2. The van der Waals surface area contributed by atoms with E-state index in [0.717, 1.165) is 28.8 Å². The number of aromatic nitrogens is 2. The zero-order valence-corrected chi connectivity index (χ0v) is 11.7. The van der Waals surface area contributed by atoms with Crippen molar-refractivity contribution in [3.05, 3.63) is 46.2 Å². The maximum Gasteiger partial charge on any atom is 0.0657 e. The van der Waals surface area contributed by atoms with Crippen molar-refractivity contribution in [2.45, 2.75) is 13.3 Å². The van der Waals surface area contributed by atoms with Crippen molar-refractivity contribution in [2.24, 2.45) is 0 Å². The third kappa shape index (κ3) is 2.96. The van der Waals surface area contributed by atoms with Crippen LogP contribution in [0, 0.1) is 6.92 Å². The molecular weight excluding hydrogens is 278 g/mol. The summed E-state index contributed by atoms with van der Waals surface area (Å²) in [6.45, 7) is 3.03. The topological polar surface area (TPSA) is 29.9 Å². The summed E-state index contributed by atoms with van der Waals surface area (Å²) in [7, 11) is 1.97. The molecule has 90 valence electrons. The van der Waals surface area contributed by atoms with Crippen LogP contribution in [-0.4, -0.2) is 23.4 Å². The van der Waals surface area contributed by atoms with E-state index in [0.29, 0.717) is 0 Å². The summed E-state index contributed by atoms with van der Waals surface area (Å²) in [5.41, 5.74) is 3.47. The van der Waals surface area contributed by atoms with Gasteiger partial charge in [0.1, 0.15) is 0 Å². The van der Waals surface area contributed by atoms with Gasteiger partial charge in [0.15, 0.2) is 0 Å². The molecule has 2 rings (SSSR count). The van der Waals surface area contributed by atoms with Crippen LogP contribution in [0.25, 0.3) is 5.69 Å². The molecule has 0 saturated heterocycles. The lowest BCUT2D eigenvalue weighted by Gasteiger charge is -2.01. The largest absolute Gasteiger partial charge is 0.319 e. The highest BCUT2D eigenvalue weighted by molar-refractivity contribution is 9.10. The molecule has 0 aliphatic carbocycles. The van der Waals surface area contributed by atoms with Crippen molar-refractivity contribution < 1.29 is 0 Å². The first kappa shape index (κ1) is 12.3. The van der Waals surface area contributed by atoms with Gasteiger partial charge in [0.25, 0.3) is 0 Å². The molecule has 0 atom stereocenters. The zero-order valence-electron chi connectivity index (χ0n) is 10.1. The van der Waals surface area contributed by atoms with Gasteiger partial charge in [0.2, 0.25) is 0 Å². The first-order valence-electron chi connectivity index (χ1n) is 5.66. The van der Waals surface area contributed by atoms with E-state index in [2.05, 4.69) is 51.6 Å². The first-order valence-corrected chi connectivity index (χ1v) is 6.45. The summed E-state index contributed by atoms with van der Waals surface area (Å²) in [5.74, 6) is 0. The van der Waals surface area contributed by atoms with Gasteiger partial charge in [-0.1, -0.05) is 22.0 Å². The Balaban J connectivity index is 2.28. The van der Waals surface area contributed by atoms with Gasteiger partial charge >= 0.3 is 0 Å². The molecule has 3 nitrogen and oxygen atoms in total. The van der Waals surface area contributed by atoms with Gasteiger partial charge in [-0.15, -0.1) is 0 Å². The summed E-state index contributed by atoms with van der Waals surface area (Å²) in [5, 5.41) is 7.70. The molecule has 0 amide bonds. The molecule has 1 N–H and O–H groups in total. The smallest absolute Gasteiger partial charge is 0.0657 e. The van der Waals surface area contributed by atoms with Crippen LogP contribution < -0.4 is 5.32 Å². The van der Waals surface area contributed by atoms with Gasteiger partial charge in [-0.3, -0.25) is 0 Å². The van der Waals surface area contributed by atoms with Gasteiger partial charge in [-0.2, -0.15) is 5.10 Å². The Hall–Kier alpha value is -1.13. The fourth-order valence-corrected chi connectivity index (χ4v) is 2.14. The molecule has 0 fully saturated rings. The quantitative estimate of drug-likeness (QED) is 0.939. The molecule has 0 spiro atoms. The predicted molar refractivity (Wildman–Crippen MR) is 73.6 cm³/mol. The molecule has 1 aromatic carbocycles. The Morgan fingerprint density at radius 2 is 2.24 bits per heavy atom. The Labute approximate surface area is 110 Å². The van der Waals surface area contributed by atoms with Crippen molar-refractivity contribution in [1.29, 1.82) is 0 Å². The lowest BCUT2D eigenvalue weighted by molar-refractivity contribution is 0.788. The lowest BCUT2D eigenvalue weighted by Crippen LogP contribution is -2.10. The highest BCUT2D eigenvalue weighted by atomic mass is 79.9. The molecule has 0 aliphatic heterocycles. The normalized spacial score (nSPS) is 10.8. The van der Waals surface area contributed by atoms with E-state index < -0.39 is 0 Å². The summed E-state index contributed by atoms with van der Waals surface area (Å²) in [6.07, 6.45) is 3.12. The van der Waals surface area contributed by atoms with E-state index in [1.807, 2.05) is 23.9 Å². The average molecular weight is 294 g/mol. The summed E-state index contributed by atoms with van der Waals surface area (Å²) >= 11 is 3.48. The van der Waals surface area contributed by atoms with E-state index in [9.17, 15) is 0 Å². The van der Waals surface area contributed by atoms with Crippen molar-refractivity contribution in [3.8, 4) is 5.69 Å². The molecule has 2 aromatic rings. The fraction of sp³-hybridized carbons (Fsp3) is 0.308. The van der Waals surface area contributed by atoms with Crippen LogP contribution in [0.15, 0.2) is 34.9 Å². The Morgan fingerprint density at radius 1 is 1.41 bits per heavy atom. The number of aryl methyl sites for hydroxylation is 1. The van der Waals surface area contributed by atoms with Gasteiger partial charge < -0.3 is 5.32 Å². The number of benzene rings is 1. The third-order valence-electron chi connectivity index (χ3n) is 2.72. The van der Waals surface area contributed by atoms with Crippen molar-refractivity contribution in [3.63, 3.8) is 0 Å². The molecule has 0 bridgehead atoms. The van der Waals surface area contributed by atoms with Gasteiger partial charge in [0, 0.05) is 10.7 Å². The first-order chi connectivity index (χ1) is 8.20. The molecular formula is C13H16BrN3. The Bertz CT molecular complexity index is 505. The average Bonchev–Trinajstić information content (AvgIpc) is 2.68. The van der Waals surface area contributed by atoms with Crippen LogP contribution in [0.4, 0.5) is 0 Å². The summed E-state index contributed by atoms with van der Waals surface area (Å²) < 4.78 is 3.00. The minimum Gasteiger partial charge on any atom is -0.319 e. The minimum absolute atomic E-state index is 0.977. The molecule has 0 saturated carbocycles. The second-order valence-corrected chi connectivity index (χ2v) is 4.93. The molecule has 4 heteroatoms. The maximum absolute atomic E-state index is 4.54. The third-order valence-corrected chi connectivity index (χ3v) is 3.21. The number of hydrogen-bond acceptors (Lipinski definition) is 2. The Morgan fingerprint density at radius 3 is 2.94 bits per heavy atom. The molecule has 1 aromatic heterocycles. The fourth-order valence-electron chi connectivity index (χ4n) is 1.75. The molecule has 17 heavy (non-hydrogen) atoms. The predicted octanol–water partition coefficient (Wildman–Crippen LogP) is 2.71. The SMILES string of the molecule is CNCCc1cn(-c2cccc(Br)c2)nc1C. The number of hydrogen-bond donors (Lipinski definition) is 1. The second-order valence-electron chi connectivity index (χ2n) is 4.02. The van der Waals surface area contributed by atoms with E-state index in [-0.39, 0.29) is 0 Å². The summed E-state index contributed by atoms with van der Waals surface area (Å²) in [4.78, 5) is 0. The highest BCUT2D eigenvalue weighted by Crippen LogP contribution is 2.16. The number of rotatable bonds is 4. The van der Waals surface area contributed by atoms with E-state index in [1.54, 1.807) is 0 Å². The van der Waals surface area contributed by atoms with Crippen molar-refractivity contribution >= 4 is 15.9 Å². The van der Waals surface area contributed by atoms with E-state index in [1.165, 1.54) is 5.56 Å². The van der Waals surface area contributed by atoms with Crippen molar-refractivity contribution in [2.75, 3.05) is 13.6 Å². The van der Waals surface area contributed by atoms with Crippen molar-refractivity contribution in [1.82, 2.24) is 15.1 Å². The number of halogens is 1. The van der Waals surface area contributed by atoms with E-state index >= 15 is 0 Å².